The zero-order valence-electron chi connectivity index (χ0n) is 15.5. The molecule has 0 aromatic heterocycles. The summed E-state index contributed by atoms with van der Waals surface area (Å²) in [5.41, 5.74) is 0.528. The highest BCUT2D eigenvalue weighted by molar-refractivity contribution is 6.33. The molecule has 0 atom stereocenters. The van der Waals surface area contributed by atoms with Gasteiger partial charge >= 0.3 is 0 Å². The molecule has 0 aliphatic heterocycles. The van der Waals surface area contributed by atoms with Crippen LogP contribution in [0.2, 0.25) is 5.02 Å². The van der Waals surface area contributed by atoms with E-state index in [1.54, 1.807) is 31.3 Å². The summed E-state index contributed by atoms with van der Waals surface area (Å²) < 4.78 is 5.62. The van der Waals surface area contributed by atoms with Crippen LogP contribution in [0.4, 0.5) is 5.69 Å². The first-order valence-corrected chi connectivity index (χ1v) is 8.98. The molecule has 0 fully saturated rings. The molecule has 27 heavy (non-hydrogen) atoms. The largest absolute Gasteiger partial charge is 0.492 e. The lowest BCUT2D eigenvalue weighted by Crippen LogP contribution is -2.41. The molecule has 0 unspecified atom stereocenters. The summed E-state index contributed by atoms with van der Waals surface area (Å²) >= 11 is 6.02. The van der Waals surface area contributed by atoms with Crippen LogP contribution in [0.5, 0.6) is 5.75 Å². The van der Waals surface area contributed by atoms with Crippen LogP contribution in [-0.2, 0) is 9.59 Å². The fourth-order valence-corrected chi connectivity index (χ4v) is 2.51. The molecule has 0 aliphatic rings. The van der Waals surface area contributed by atoms with E-state index in [2.05, 4.69) is 5.32 Å². The Bertz CT molecular complexity index is 755. The van der Waals surface area contributed by atoms with E-state index in [1.807, 2.05) is 42.3 Å². The van der Waals surface area contributed by atoms with Crippen molar-refractivity contribution in [3.63, 3.8) is 0 Å². The van der Waals surface area contributed by atoms with Crippen LogP contribution in [0.25, 0.3) is 0 Å². The summed E-state index contributed by atoms with van der Waals surface area (Å²) in [5.74, 6) is 0.353. The predicted octanol–water partition coefficient (Wildman–Crippen LogP) is 2.75. The van der Waals surface area contributed by atoms with E-state index in [4.69, 9.17) is 16.3 Å². The number of para-hydroxylation sites is 2. The van der Waals surface area contributed by atoms with Gasteiger partial charge in [0.15, 0.2) is 0 Å². The molecular formula is C20H24ClN3O3. The van der Waals surface area contributed by atoms with E-state index >= 15 is 0 Å². The number of anilines is 1. The minimum atomic E-state index is -0.297. The van der Waals surface area contributed by atoms with Gasteiger partial charge in [0, 0.05) is 13.6 Å². The van der Waals surface area contributed by atoms with Gasteiger partial charge in [-0.1, -0.05) is 41.9 Å². The van der Waals surface area contributed by atoms with E-state index in [9.17, 15) is 9.59 Å². The summed E-state index contributed by atoms with van der Waals surface area (Å²) in [6.45, 7) is 1.23. The van der Waals surface area contributed by atoms with Gasteiger partial charge in [0.2, 0.25) is 11.8 Å². The standard InChI is InChI=1S/C20H24ClN3O3/c1-23(12-13-27-16-8-4-3-5-9-16)15-20(26)24(2)14-19(25)22-18-11-7-6-10-17(18)21/h3-11H,12-15H2,1-2H3,(H,22,25). The average molecular weight is 390 g/mol. The van der Waals surface area contributed by atoms with E-state index in [0.717, 1.165) is 5.75 Å². The quantitative estimate of drug-likeness (QED) is 0.716. The Labute approximate surface area is 164 Å². The molecule has 144 valence electrons. The van der Waals surface area contributed by atoms with Crippen LogP contribution in [0.1, 0.15) is 0 Å². The fourth-order valence-electron chi connectivity index (χ4n) is 2.32. The van der Waals surface area contributed by atoms with Crippen molar-refractivity contribution in [2.75, 3.05) is 45.7 Å². The van der Waals surface area contributed by atoms with Crippen molar-refractivity contribution in [2.24, 2.45) is 0 Å². The molecule has 2 rings (SSSR count). The summed E-state index contributed by atoms with van der Waals surface area (Å²) in [5, 5.41) is 3.16. The van der Waals surface area contributed by atoms with Crippen LogP contribution < -0.4 is 10.1 Å². The maximum atomic E-state index is 12.3. The van der Waals surface area contributed by atoms with Gasteiger partial charge in [-0.25, -0.2) is 0 Å². The average Bonchev–Trinajstić information content (AvgIpc) is 2.64. The maximum absolute atomic E-state index is 12.3. The summed E-state index contributed by atoms with van der Waals surface area (Å²) in [4.78, 5) is 27.6. The number of nitrogens with one attached hydrogen (secondary N) is 1. The van der Waals surface area contributed by atoms with Gasteiger partial charge in [-0.3, -0.25) is 14.5 Å². The second kappa shape index (κ2) is 10.5. The maximum Gasteiger partial charge on any atom is 0.244 e. The van der Waals surface area contributed by atoms with E-state index in [0.29, 0.717) is 23.9 Å². The minimum Gasteiger partial charge on any atom is -0.492 e. The smallest absolute Gasteiger partial charge is 0.244 e. The lowest BCUT2D eigenvalue weighted by molar-refractivity contribution is -0.134. The Morgan fingerprint density at radius 1 is 1.00 bits per heavy atom. The lowest BCUT2D eigenvalue weighted by atomic mass is 10.3. The van der Waals surface area contributed by atoms with Crippen LogP contribution in [0, 0.1) is 0 Å². The number of hydrogen-bond acceptors (Lipinski definition) is 4. The molecule has 0 saturated heterocycles. The number of carbonyl (C=O) groups excluding carboxylic acids is 2. The molecule has 2 amide bonds. The van der Waals surface area contributed by atoms with Crippen molar-refractivity contribution < 1.29 is 14.3 Å². The van der Waals surface area contributed by atoms with Gasteiger partial charge in [-0.15, -0.1) is 0 Å². The Morgan fingerprint density at radius 3 is 2.37 bits per heavy atom. The van der Waals surface area contributed by atoms with Gasteiger partial charge in [0.1, 0.15) is 12.4 Å². The van der Waals surface area contributed by atoms with E-state index in [1.165, 1.54) is 4.90 Å². The third kappa shape index (κ3) is 7.29. The second-order valence-electron chi connectivity index (χ2n) is 6.18. The molecule has 7 heteroatoms. The number of ether oxygens (including phenoxy) is 1. The van der Waals surface area contributed by atoms with Gasteiger partial charge in [0.05, 0.1) is 23.8 Å². The number of likely N-dealkylation sites (N-methyl/N-ethyl adjacent to an activating group) is 2. The molecule has 1 N–H and O–H groups in total. The van der Waals surface area contributed by atoms with Crippen molar-refractivity contribution in [3.05, 3.63) is 59.6 Å². The third-order valence-corrected chi connectivity index (χ3v) is 4.17. The number of hydrogen-bond donors (Lipinski definition) is 1. The zero-order valence-corrected chi connectivity index (χ0v) is 16.3. The number of halogens is 1. The summed E-state index contributed by atoms with van der Waals surface area (Å²) in [7, 11) is 3.44. The van der Waals surface area contributed by atoms with Crippen LogP contribution in [0.3, 0.4) is 0 Å². The number of benzene rings is 2. The molecule has 0 bridgehead atoms. The topological polar surface area (TPSA) is 61.9 Å². The summed E-state index contributed by atoms with van der Waals surface area (Å²) in [6, 6.07) is 16.5. The minimum absolute atomic E-state index is 0.0432. The first kappa shape index (κ1) is 20.7. The molecule has 0 spiro atoms. The predicted molar refractivity (Wildman–Crippen MR) is 107 cm³/mol. The monoisotopic (exact) mass is 389 g/mol. The molecule has 0 aliphatic carbocycles. The van der Waals surface area contributed by atoms with Crippen LogP contribution in [0.15, 0.2) is 54.6 Å². The van der Waals surface area contributed by atoms with Crippen LogP contribution >= 0.6 is 11.6 Å². The number of amides is 2. The Morgan fingerprint density at radius 2 is 1.67 bits per heavy atom. The highest BCUT2D eigenvalue weighted by atomic mass is 35.5. The van der Waals surface area contributed by atoms with Gasteiger partial charge < -0.3 is 15.0 Å². The number of rotatable bonds is 9. The second-order valence-corrected chi connectivity index (χ2v) is 6.58. The molecule has 2 aromatic carbocycles. The molecular weight excluding hydrogens is 366 g/mol. The molecule has 0 heterocycles. The molecule has 0 saturated carbocycles. The van der Waals surface area contributed by atoms with Crippen LogP contribution in [-0.4, -0.2) is 62.0 Å². The molecule has 6 nitrogen and oxygen atoms in total. The van der Waals surface area contributed by atoms with E-state index < -0.39 is 0 Å². The highest BCUT2D eigenvalue weighted by Crippen LogP contribution is 2.20. The molecule has 2 aromatic rings. The van der Waals surface area contributed by atoms with Crippen molar-refractivity contribution in [2.45, 2.75) is 0 Å². The van der Waals surface area contributed by atoms with Crippen molar-refractivity contribution in [3.8, 4) is 5.75 Å². The highest BCUT2D eigenvalue weighted by Gasteiger charge is 2.15. The zero-order chi connectivity index (χ0) is 19.6. The van der Waals surface area contributed by atoms with Crippen molar-refractivity contribution in [1.29, 1.82) is 0 Å². The van der Waals surface area contributed by atoms with Crippen molar-refractivity contribution in [1.82, 2.24) is 9.80 Å². The van der Waals surface area contributed by atoms with E-state index in [-0.39, 0.29) is 24.9 Å². The number of nitrogens with zero attached hydrogens (tertiary/aromatic N) is 2. The third-order valence-electron chi connectivity index (χ3n) is 3.84. The SMILES string of the molecule is CN(CCOc1ccccc1)CC(=O)N(C)CC(=O)Nc1ccccc1Cl. The van der Waals surface area contributed by atoms with Gasteiger partial charge in [0.25, 0.3) is 0 Å². The van der Waals surface area contributed by atoms with Crippen molar-refractivity contribution >= 4 is 29.1 Å². The lowest BCUT2D eigenvalue weighted by Gasteiger charge is -2.21. The Balaban J connectivity index is 1.71. The summed E-state index contributed by atoms with van der Waals surface area (Å²) in [6.07, 6.45) is 0. The number of carbonyl (C=O) groups is 2. The first-order chi connectivity index (χ1) is 13.0. The Hall–Kier alpha value is -2.57. The Kier molecular flexibility index (Phi) is 8.10. The molecule has 0 radical (unpaired) electrons. The van der Waals surface area contributed by atoms with Gasteiger partial charge in [-0.05, 0) is 31.3 Å². The van der Waals surface area contributed by atoms with Gasteiger partial charge in [-0.2, -0.15) is 0 Å². The fraction of sp³-hybridized carbons (Fsp3) is 0.300. The first-order valence-electron chi connectivity index (χ1n) is 8.60. The normalized spacial score (nSPS) is 10.5.